The Labute approximate surface area is 106 Å². The van der Waals surface area contributed by atoms with Crippen LogP contribution in [-0.2, 0) is 10.9 Å². The third-order valence-electron chi connectivity index (χ3n) is 1.93. The van der Waals surface area contributed by atoms with Crippen molar-refractivity contribution in [2.24, 2.45) is 0 Å². The van der Waals surface area contributed by atoms with Crippen molar-refractivity contribution < 1.29 is 27.4 Å². The summed E-state index contributed by atoms with van der Waals surface area (Å²) in [5, 5.41) is -0.611. The van der Waals surface area contributed by atoms with Crippen molar-refractivity contribution in [1.82, 2.24) is 4.98 Å². The maximum Gasteiger partial charge on any atom is 0.433 e. The SMILES string of the molecule is CCOC(=O)c1c(OC)cc(C(F)(F)F)nc1Cl. The molecule has 0 aromatic carbocycles. The second-order valence-electron chi connectivity index (χ2n) is 3.09. The number of alkyl halides is 3. The molecule has 100 valence electrons. The molecule has 1 aromatic rings. The van der Waals surface area contributed by atoms with E-state index in [9.17, 15) is 18.0 Å². The van der Waals surface area contributed by atoms with Gasteiger partial charge in [-0.25, -0.2) is 9.78 Å². The number of methoxy groups -OCH3 is 1. The second-order valence-corrected chi connectivity index (χ2v) is 3.45. The van der Waals surface area contributed by atoms with E-state index < -0.39 is 23.0 Å². The smallest absolute Gasteiger partial charge is 0.433 e. The normalized spacial score (nSPS) is 11.2. The molecule has 0 fully saturated rings. The van der Waals surface area contributed by atoms with Crippen LogP contribution in [0.2, 0.25) is 5.15 Å². The fraction of sp³-hybridized carbons (Fsp3) is 0.400. The monoisotopic (exact) mass is 283 g/mol. The maximum atomic E-state index is 12.5. The Hall–Kier alpha value is -1.50. The first-order valence-corrected chi connectivity index (χ1v) is 5.17. The van der Waals surface area contributed by atoms with Gasteiger partial charge in [-0.3, -0.25) is 0 Å². The first-order chi connectivity index (χ1) is 8.31. The molecule has 8 heteroatoms. The average Bonchev–Trinajstić information content (AvgIpc) is 2.26. The van der Waals surface area contributed by atoms with Crippen LogP contribution in [0.5, 0.6) is 5.75 Å². The molecule has 1 rings (SSSR count). The molecule has 0 bridgehead atoms. The van der Waals surface area contributed by atoms with Crippen LogP contribution in [-0.4, -0.2) is 24.7 Å². The molecule has 0 saturated carbocycles. The van der Waals surface area contributed by atoms with Crippen molar-refractivity contribution >= 4 is 17.6 Å². The lowest BCUT2D eigenvalue weighted by atomic mass is 10.2. The zero-order valence-electron chi connectivity index (χ0n) is 9.47. The summed E-state index contributed by atoms with van der Waals surface area (Å²) in [5.41, 5.74) is -1.56. The van der Waals surface area contributed by atoms with Crippen LogP contribution in [0.25, 0.3) is 0 Å². The highest BCUT2D eigenvalue weighted by molar-refractivity contribution is 6.32. The molecule has 0 atom stereocenters. The Bertz CT molecular complexity index is 462. The van der Waals surface area contributed by atoms with Crippen molar-refractivity contribution in [3.8, 4) is 5.75 Å². The van der Waals surface area contributed by atoms with E-state index in [1.54, 1.807) is 6.92 Å². The average molecular weight is 284 g/mol. The zero-order valence-corrected chi connectivity index (χ0v) is 10.2. The summed E-state index contributed by atoms with van der Waals surface area (Å²) in [6.07, 6.45) is -4.68. The van der Waals surface area contributed by atoms with Crippen LogP contribution in [0.1, 0.15) is 23.0 Å². The van der Waals surface area contributed by atoms with Gasteiger partial charge in [0.25, 0.3) is 0 Å². The van der Waals surface area contributed by atoms with Crippen LogP contribution in [0, 0.1) is 0 Å². The Morgan fingerprint density at radius 3 is 2.56 bits per heavy atom. The summed E-state index contributed by atoms with van der Waals surface area (Å²) in [7, 11) is 1.12. The van der Waals surface area contributed by atoms with Gasteiger partial charge in [0.15, 0.2) is 0 Å². The van der Waals surface area contributed by atoms with Crippen LogP contribution < -0.4 is 4.74 Å². The maximum absolute atomic E-state index is 12.5. The van der Waals surface area contributed by atoms with Gasteiger partial charge in [0.2, 0.25) is 0 Å². The first kappa shape index (κ1) is 14.6. The van der Waals surface area contributed by atoms with Gasteiger partial charge < -0.3 is 9.47 Å². The quantitative estimate of drug-likeness (QED) is 0.632. The summed E-state index contributed by atoms with van der Waals surface area (Å²) < 4.78 is 46.8. The molecule has 0 unspecified atom stereocenters. The highest BCUT2D eigenvalue weighted by Crippen LogP contribution is 2.34. The molecule has 0 amide bonds. The lowest BCUT2D eigenvalue weighted by molar-refractivity contribution is -0.141. The largest absolute Gasteiger partial charge is 0.496 e. The molecule has 0 radical (unpaired) electrons. The highest BCUT2D eigenvalue weighted by atomic mass is 35.5. The molecule has 0 spiro atoms. The number of carbonyl (C=O) groups is 1. The summed E-state index contributed by atoms with van der Waals surface area (Å²) in [4.78, 5) is 14.6. The lowest BCUT2D eigenvalue weighted by Gasteiger charge is -2.12. The van der Waals surface area contributed by atoms with E-state index in [1.165, 1.54) is 0 Å². The van der Waals surface area contributed by atoms with Crippen LogP contribution in [0.15, 0.2) is 6.07 Å². The van der Waals surface area contributed by atoms with E-state index >= 15 is 0 Å². The molecule has 0 saturated heterocycles. The minimum atomic E-state index is -4.68. The number of pyridine rings is 1. The van der Waals surface area contributed by atoms with Gasteiger partial charge in [0, 0.05) is 6.07 Å². The number of rotatable bonds is 3. The topological polar surface area (TPSA) is 48.4 Å². The molecule has 1 heterocycles. The van der Waals surface area contributed by atoms with Crippen molar-refractivity contribution in [3.63, 3.8) is 0 Å². The predicted octanol–water partition coefficient (Wildman–Crippen LogP) is 2.94. The Morgan fingerprint density at radius 1 is 1.50 bits per heavy atom. The molecule has 0 N–H and O–H groups in total. The number of hydrogen-bond acceptors (Lipinski definition) is 4. The molecule has 0 aliphatic carbocycles. The van der Waals surface area contributed by atoms with E-state index in [-0.39, 0.29) is 17.9 Å². The van der Waals surface area contributed by atoms with E-state index in [0.717, 1.165) is 7.11 Å². The minimum absolute atomic E-state index is 0.0549. The summed E-state index contributed by atoms with van der Waals surface area (Å²) in [5.74, 6) is -1.22. The number of esters is 1. The van der Waals surface area contributed by atoms with Crippen molar-refractivity contribution in [2.45, 2.75) is 13.1 Å². The first-order valence-electron chi connectivity index (χ1n) is 4.80. The van der Waals surface area contributed by atoms with E-state index in [4.69, 9.17) is 16.3 Å². The number of hydrogen-bond donors (Lipinski definition) is 0. The third-order valence-corrected chi connectivity index (χ3v) is 2.20. The van der Waals surface area contributed by atoms with Crippen LogP contribution in [0.4, 0.5) is 13.2 Å². The molecule has 0 aliphatic heterocycles. The highest BCUT2D eigenvalue weighted by Gasteiger charge is 2.35. The van der Waals surface area contributed by atoms with Gasteiger partial charge >= 0.3 is 12.1 Å². The molecular formula is C10H9ClF3NO3. The van der Waals surface area contributed by atoms with Gasteiger partial charge in [-0.15, -0.1) is 0 Å². The number of nitrogens with zero attached hydrogens (tertiary/aromatic N) is 1. The Balaban J connectivity index is 3.33. The van der Waals surface area contributed by atoms with Gasteiger partial charge in [-0.05, 0) is 6.92 Å². The molecular weight excluding hydrogens is 275 g/mol. The van der Waals surface area contributed by atoms with Crippen molar-refractivity contribution in [1.29, 1.82) is 0 Å². The Kier molecular flexibility index (Phi) is 4.39. The molecule has 18 heavy (non-hydrogen) atoms. The number of carbonyl (C=O) groups excluding carboxylic acids is 1. The van der Waals surface area contributed by atoms with E-state index in [0.29, 0.717) is 6.07 Å². The van der Waals surface area contributed by atoms with Crippen molar-refractivity contribution in [3.05, 3.63) is 22.5 Å². The number of halogens is 4. The molecule has 1 aromatic heterocycles. The minimum Gasteiger partial charge on any atom is -0.496 e. The molecule has 0 aliphatic rings. The van der Waals surface area contributed by atoms with E-state index in [1.807, 2.05) is 0 Å². The summed E-state index contributed by atoms with van der Waals surface area (Å²) in [6, 6.07) is 0.595. The second kappa shape index (κ2) is 5.43. The van der Waals surface area contributed by atoms with Crippen LogP contribution >= 0.6 is 11.6 Å². The Morgan fingerprint density at radius 2 is 2.11 bits per heavy atom. The fourth-order valence-corrected chi connectivity index (χ4v) is 1.45. The molecule has 4 nitrogen and oxygen atoms in total. The van der Waals surface area contributed by atoms with Crippen LogP contribution in [0.3, 0.4) is 0 Å². The number of ether oxygens (including phenoxy) is 2. The summed E-state index contributed by atoms with van der Waals surface area (Å²) >= 11 is 5.56. The standard InChI is InChI=1S/C10H9ClF3NO3/c1-3-18-9(16)7-5(17-2)4-6(10(12,13)14)15-8(7)11/h4H,3H2,1-2H3. The number of aromatic nitrogens is 1. The third kappa shape index (κ3) is 3.04. The zero-order chi connectivity index (χ0) is 13.9. The van der Waals surface area contributed by atoms with E-state index in [2.05, 4.69) is 9.72 Å². The van der Waals surface area contributed by atoms with Gasteiger partial charge in [-0.2, -0.15) is 13.2 Å². The van der Waals surface area contributed by atoms with Crippen molar-refractivity contribution in [2.75, 3.05) is 13.7 Å². The lowest BCUT2D eigenvalue weighted by Crippen LogP contribution is -2.13. The van der Waals surface area contributed by atoms with Gasteiger partial charge in [-0.1, -0.05) is 11.6 Å². The fourth-order valence-electron chi connectivity index (χ4n) is 1.19. The predicted molar refractivity (Wildman–Crippen MR) is 56.8 cm³/mol. The van der Waals surface area contributed by atoms with Gasteiger partial charge in [0.05, 0.1) is 13.7 Å². The van der Waals surface area contributed by atoms with Gasteiger partial charge in [0.1, 0.15) is 22.2 Å². The summed E-state index contributed by atoms with van der Waals surface area (Å²) in [6.45, 7) is 1.61.